The minimum atomic E-state index is -0.315. The molecule has 90 valence electrons. The second kappa shape index (κ2) is 4.99. The lowest BCUT2D eigenvalue weighted by Crippen LogP contribution is -2.04. The van der Waals surface area contributed by atoms with Crippen LogP contribution in [0.1, 0.15) is 25.5 Å². The Balaban J connectivity index is 2.33. The molecule has 2 rings (SSSR count). The second-order valence-electron chi connectivity index (χ2n) is 4.03. The molecule has 0 aliphatic carbocycles. The van der Waals surface area contributed by atoms with Crippen LogP contribution >= 0.6 is 0 Å². The van der Waals surface area contributed by atoms with E-state index in [1.807, 2.05) is 6.07 Å². The van der Waals surface area contributed by atoms with E-state index in [1.54, 1.807) is 18.2 Å². The lowest BCUT2D eigenvalue weighted by atomic mass is 10.2. The first-order valence-corrected chi connectivity index (χ1v) is 5.81. The van der Waals surface area contributed by atoms with Gasteiger partial charge in [0.05, 0.1) is 5.69 Å². The number of unbranched alkanes of at least 4 members (excludes halogenated alkanes) is 1. The summed E-state index contributed by atoms with van der Waals surface area (Å²) in [7, 11) is 0. The van der Waals surface area contributed by atoms with Crippen molar-refractivity contribution in [3.05, 3.63) is 41.8 Å². The molecule has 17 heavy (non-hydrogen) atoms. The van der Waals surface area contributed by atoms with Crippen LogP contribution in [0.15, 0.2) is 30.3 Å². The summed E-state index contributed by atoms with van der Waals surface area (Å²) in [5.41, 5.74) is 7.15. The van der Waals surface area contributed by atoms with Gasteiger partial charge in [-0.1, -0.05) is 25.5 Å². The average molecular weight is 233 g/mol. The van der Waals surface area contributed by atoms with Crippen LogP contribution in [0.3, 0.4) is 0 Å². The lowest BCUT2D eigenvalue weighted by Gasteiger charge is -2.04. The predicted octanol–water partition coefficient (Wildman–Crippen LogP) is 2.94. The number of rotatable bonds is 4. The summed E-state index contributed by atoms with van der Waals surface area (Å²) >= 11 is 0. The van der Waals surface area contributed by atoms with Gasteiger partial charge in [0, 0.05) is 6.07 Å². The fraction of sp³-hybridized carbons (Fsp3) is 0.308. The fourth-order valence-electron chi connectivity index (χ4n) is 1.74. The van der Waals surface area contributed by atoms with Crippen molar-refractivity contribution in [1.29, 1.82) is 0 Å². The molecule has 0 saturated heterocycles. The predicted molar refractivity (Wildman–Crippen MR) is 66.5 cm³/mol. The number of para-hydroxylation sites is 1. The normalized spacial score (nSPS) is 10.7. The monoisotopic (exact) mass is 233 g/mol. The van der Waals surface area contributed by atoms with E-state index in [9.17, 15) is 4.39 Å². The molecule has 0 amide bonds. The van der Waals surface area contributed by atoms with Crippen LogP contribution in [0.4, 0.5) is 10.2 Å². The van der Waals surface area contributed by atoms with Gasteiger partial charge in [-0.05, 0) is 25.0 Å². The number of hydrogen-bond donors (Lipinski definition) is 1. The van der Waals surface area contributed by atoms with Crippen LogP contribution in [-0.2, 0) is 6.42 Å². The van der Waals surface area contributed by atoms with Crippen molar-refractivity contribution in [3.8, 4) is 5.69 Å². The number of benzene rings is 1. The van der Waals surface area contributed by atoms with E-state index in [2.05, 4.69) is 12.0 Å². The summed E-state index contributed by atoms with van der Waals surface area (Å²) in [6, 6.07) is 8.30. The number of nitrogen functional groups attached to an aromatic ring is 1. The Hall–Kier alpha value is -1.84. The number of anilines is 1. The number of aromatic nitrogens is 2. The standard InChI is InChI=1S/C13H16FN3/c1-2-3-6-10-9-13(15)17(16-10)12-8-5-4-7-11(12)14/h4-5,7-9H,2-3,6,15H2,1H3. The van der Waals surface area contributed by atoms with Gasteiger partial charge >= 0.3 is 0 Å². The average Bonchev–Trinajstić information content (AvgIpc) is 2.68. The minimum absolute atomic E-state index is 0.315. The van der Waals surface area contributed by atoms with E-state index in [1.165, 1.54) is 10.7 Å². The quantitative estimate of drug-likeness (QED) is 0.882. The number of hydrogen-bond acceptors (Lipinski definition) is 2. The maximum absolute atomic E-state index is 13.6. The van der Waals surface area contributed by atoms with Gasteiger partial charge in [0.15, 0.2) is 0 Å². The highest BCUT2D eigenvalue weighted by atomic mass is 19.1. The summed E-state index contributed by atoms with van der Waals surface area (Å²) < 4.78 is 15.1. The van der Waals surface area contributed by atoms with E-state index in [0.717, 1.165) is 25.0 Å². The molecule has 4 heteroatoms. The third-order valence-electron chi connectivity index (χ3n) is 2.65. The molecule has 0 unspecified atom stereocenters. The topological polar surface area (TPSA) is 43.8 Å². The molecule has 0 aliphatic heterocycles. The van der Waals surface area contributed by atoms with Crippen molar-refractivity contribution in [2.75, 3.05) is 5.73 Å². The first-order chi connectivity index (χ1) is 8.22. The molecule has 0 aliphatic rings. The van der Waals surface area contributed by atoms with Crippen LogP contribution in [-0.4, -0.2) is 9.78 Å². The molecule has 1 heterocycles. The molecular formula is C13H16FN3. The molecule has 0 fully saturated rings. The van der Waals surface area contributed by atoms with Crippen LogP contribution in [0.25, 0.3) is 5.69 Å². The van der Waals surface area contributed by atoms with Crippen molar-refractivity contribution >= 4 is 5.82 Å². The lowest BCUT2D eigenvalue weighted by molar-refractivity contribution is 0.610. The maximum Gasteiger partial charge on any atom is 0.148 e. The Kier molecular flexibility index (Phi) is 3.42. The summed E-state index contributed by atoms with van der Waals surface area (Å²) in [6.07, 6.45) is 3.04. The Morgan fingerprint density at radius 1 is 1.35 bits per heavy atom. The molecule has 0 spiro atoms. The van der Waals surface area contributed by atoms with E-state index < -0.39 is 0 Å². The Morgan fingerprint density at radius 3 is 2.82 bits per heavy atom. The first-order valence-electron chi connectivity index (χ1n) is 5.81. The van der Waals surface area contributed by atoms with Gasteiger partial charge in [-0.15, -0.1) is 0 Å². The smallest absolute Gasteiger partial charge is 0.148 e. The third-order valence-corrected chi connectivity index (χ3v) is 2.65. The zero-order chi connectivity index (χ0) is 12.3. The van der Waals surface area contributed by atoms with E-state index in [0.29, 0.717) is 11.5 Å². The van der Waals surface area contributed by atoms with Crippen LogP contribution < -0.4 is 5.73 Å². The third kappa shape index (κ3) is 2.46. The van der Waals surface area contributed by atoms with Gasteiger partial charge < -0.3 is 5.73 Å². The van der Waals surface area contributed by atoms with Gasteiger partial charge in [0.25, 0.3) is 0 Å². The van der Waals surface area contributed by atoms with Crippen LogP contribution in [0, 0.1) is 5.82 Å². The van der Waals surface area contributed by atoms with Gasteiger partial charge in [0.2, 0.25) is 0 Å². The van der Waals surface area contributed by atoms with Crippen molar-refractivity contribution in [3.63, 3.8) is 0 Å². The van der Waals surface area contributed by atoms with Crippen molar-refractivity contribution in [2.45, 2.75) is 26.2 Å². The number of halogens is 1. The van der Waals surface area contributed by atoms with Crippen LogP contribution in [0.5, 0.6) is 0 Å². The van der Waals surface area contributed by atoms with Gasteiger partial charge in [-0.2, -0.15) is 5.10 Å². The minimum Gasteiger partial charge on any atom is -0.384 e. The van der Waals surface area contributed by atoms with Crippen molar-refractivity contribution < 1.29 is 4.39 Å². The van der Waals surface area contributed by atoms with Crippen molar-refractivity contribution in [1.82, 2.24) is 9.78 Å². The highest BCUT2D eigenvalue weighted by Gasteiger charge is 2.09. The zero-order valence-corrected chi connectivity index (χ0v) is 9.86. The summed E-state index contributed by atoms with van der Waals surface area (Å²) in [6.45, 7) is 2.12. The SMILES string of the molecule is CCCCc1cc(N)n(-c2ccccc2F)n1. The molecule has 2 aromatic rings. The Bertz CT molecular complexity index is 505. The molecule has 1 aromatic carbocycles. The zero-order valence-electron chi connectivity index (χ0n) is 9.86. The molecule has 0 atom stereocenters. The highest BCUT2D eigenvalue weighted by Crippen LogP contribution is 2.18. The van der Waals surface area contributed by atoms with Gasteiger partial charge in [-0.3, -0.25) is 0 Å². The fourth-order valence-corrected chi connectivity index (χ4v) is 1.74. The molecule has 3 nitrogen and oxygen atoms in total. The Morgan fingerprint density at radius 2 is 2.12 bits per heavy atom. The molecule has 0 bridgehead atoms. The van der Waals surface area contributed by atoms with Gasteiger partial charge in [0.1, 0.15) is 17.3 Å². The second-order valence-corrected chi connectivity index (χ2v) is 4.03. The summed E-state index contributed by atoms with van der Waals surface area (Å²) in [4.78, 5) is 0. The number of aryl methyl sites for hydroxylation is 1. The Labute approximate surface area is 100 Å². The van der Waals surface area contributed by atoms with Crippen molar-refractivity contribution in [2.24, 2.45) is 0 Å². The van der Waals surface area contributed by atoms with E-state index in [-0.39, 0.29) is 5.82 Å². The summed E-state index contributed by atoms with van der Waals surface area (Å²) in [5.74, 6) is 0.158. The van der Waals surface area contributed by atoms with Crippen LogP contribution in [0.2, 0.25) is 0 Å². The van der Waals surface area contributed by atoms with E-state index in [4.69, 9.17) is 5.73 Å². The molecule has 0 radical (unpaired) electrons. The van der Waals surface area contributed by atoms with Gasteiger partial charge in [-0.25, -0.2) is 9.07 Å². The highest BCUT2D eigenvalue weighted by molar-refractivity contribution is 5.43. The number of nitrogens with zero attached hydrogens (tertiary/aromatic N) is 2. The molecule has 2 N–H and O–H groups in total. The van der Waals surface area contributed by atoms with E-state index >= 15 is 0 Å². The molecule has 1 aromatic heterocycles. The largest absolute Gasteiger partial charge is 0.384 e. The first kappa shape index (κ1) is 11.6. The summed E-state index contributed by atoms with van der Waals surface area (Å²) in [5, 5.41) is 4.33. The maximum atomic E-state index is 13.6. The molecule has 0 saturated carbocycles. The number of nitrogens with two attached hydrogens (primary N) is 1. The molecular weight excluding hydrogens is 217 g/mol.